The van der Waals surface area contributed by atoms with Crippen molar-refractivity contribution < 1.29 is 4.39 Å². The normalized spacial score (nSPS) is 12.9. The fourth-order valence-corrected chi connectivity index (χ4v) is 1.14. The molecule has 0 heterocycles. The summed E-state index contributed by atoms with van der Waals surface area (Å²) in [5, 5.41) is 3.31. The summed E-state index contributed by atoms with van der Waals surface area (Å²) >= 11 is 5.56. The van der Waals surface area contributed by atoms with Crippen molar-refractivity contribution in [2.24, 2.45) is 5.73 Å². The summed E-state index contributed by atoms with van der Waals surface area (Å²) in [5.74, 6) is -0.383. The van der Waals surface area contributed by atoms with E-state index in [1.165, 1.54) is 6.07 Å². The zero-order valence-corrected chi connectivity index (χ0v) is 8.81. The Balaban J connectivity index is 2.55. The molecule has 2 nitrogen and oxygen atoms in total. The molecule has 1 aromatic carbocycles. The maximum Gasteiger partial charge on any atom is 0.142 e. The minimum absolute atomic E-state index is 0.153. The summed E-state index contributed by atoms with van der Waals surface area (Å²) in [7, 11) is 0. The minimum Gasteiger partial charge on any atom is -0.329 e. The molecule has 1 rings (SSSR count). The third kappa shape index (κ3) is 3.25. The van der Waals surface area contributed by atoms with Gasteiger partial charge in [-0.3, -0.25) is 0 Å². The predicted molar refractivity (Wildman–Crippen MR) is 56.8 cm³/mol. The van der Waals surface area contributed by atoms with Gasteiger partial charge in [0.05, 0.1) is 5.02 Å². The fraction of sp³-hybridized carbons (Fsp3) is 0.400. The van der Waals surface area contributed by atoms with Crippen LogP contribution < -0.4 is 11.1 Å². The van der Waals surface area contributed by atoms with Gasteiger partial charge in [-0.2, -0.15) is 0 Å². The Kier molecular flexibility index (Phi) is 4.32. The van der Waals surface area contributed by atoms with Gasteiger partial charge in [-0.1, -0.05) is 17.7 Å². The molecular weight excluding hydrogens is 203 g/mol. The molecule has 0 aliphatic carbocycles. The number of hydrogen-bond donors (Lipinski definition) is 2. The number of nitrogens with two attached hydrogens (primary N) is 1. The van der Waals surface area contributed by atoms with Crippen LogP contribution in [0.4, 0.5) is 4.39 Å². The average molecular weight is 217 g/mol. The minimum atomic E-state index is -0.383. The van der Waals surface area contributed by atoms with Gasteiger partial charge in [-0.15, -0.1) is 0 Å². The summed E-state index contributed by atoms with van der Waals surface area (Å²) in [5.41, 5.74) is 6.30. The smallest absolute Gasteiger partial charge is 0.142 e. The van der Waals surface area contributed by atoms with E-state index in [4.69, 9.17) is 17.3 Å². The van der Waals surface area contributed by atoms with Crippen molar-refractivity contribution in [3.05, 3.63) is 34.6 Å². The number of nitrogens with one attached hydrogen (secondary N) is 1. The molecule has 14 heavy (non-hydrogen) atoms. The maximum atomic E-state index is 13.0. The zero-order valence-electron chi connectivity index (χ0n) is 8.06. The van der Waals surface area contributed by atoms with Crippen LogP contribution in [-0.4, -0.2) is 12.6 Å². The molecule has 1 atom stereocenters. The van der Waals surface area contributed by atoms with Crippen molar-refractivity contribution in [1.82, 2.24) is 5.32 Å². The molecule has 0 aliphatic heterocycles. The van der Waals surface area contributed by atoms with Gasteiger partial charge in [0.15, 0.2) is 0 Å². The van der Waals surface area contributed by atoms with E-state index in [9.17, 15) is 4.39 Å². The zero-order chi connectivity index (χ0) is 10.6. The van der Waals surface area contributed by atoms with Crippen LogP contribution in [0.1, 0.15) is 12.5 Å². The molecule has 1 aromatic rings. The van der Waals surface area contributed by atoms with E-state index in [2.05, 4.69) is 5.32 Å². The second kappa shape index (κ2) is 5.29. The molecule has 0 saturated carbocycles. The number of halogens is 2. The van der Waals surface area contributed by atoms with E-state index >= 15 is 0 Å². The van der Waals surface area contributed by atoms with E-state index < -0.39 is 0 Å². The van der Waals surface area contributed by atoms with Gasteiger partial charge >= 0.3 is 0 Å². The van der Waals surface area contributed by atoms with E-state index in [0.717, 1.165) is 5.56 Å². The first-order valence-electron chi connectivity index (χ1n) is 4.51. The monoisotopic (exact) mass is 216 g/mol. The molecule has 3 N–H and O–H groups in total. The van der Waals surface area contributed by atoms with Crippen LogP contribution in [0.2, 0.25) is 5.02 Å². The Morgan fingerprint density at radius 1 is 1.57 bits per heavy atom. The lowest BCUT2D eigenvalue weighted by molar-refractivity contribution is 0.553. The van der Waals surface area contributed by atoms with E-state index in [-0.39, 0.29) is 16.9 Å². The van der Waals surface area contributed by atoms with Gasteiger partial charge in [0.1, 0.15) is 5.82 Å². The van der Waals surface area contributed by atoms with Crippen molar-refractivity contribution in [3.8, 4) is 0 Å². The van der Waals surface area contributed by atoms with Gasteiger partial charge in [0.25, 0.3) is 0 Å². The SMILES string of the molecule is C[C@H](CN)NCc1ccc(Cl)c(F)c1. The molecule has 0 radical (unpaired) electrons. The van der Waals surface area contributed by atoms with Crippen LogP contribution in [0.25, 0.3) is 0 Å². The molecule has 0 unspecified atom stereocenters. The third-order valence-electron chi connectivity index (χ3n) is 1.99. The van der Waals surface area contributed by atoms with Gasteiger partial charge in [0.2, 0.25) is 0 Å². The first-order chi connectivity index (χ1) is 6.63. The molecule has 0 saturated heterocycles. The van der Waals surface area contributed by atoms with E-state index in [1.54, 1.807) is 12.1 Å². The van der Waals surface area contributed by atoms with Crippen LogP contribution in [0.3, 0.4) is 0 Å². The number of hydrogen-bond acceptors (Lipinski definition) is 2. The van der Waals surface area contributed by atoms with Crippen LogP contribution in [-0.2, 0) is 6.54 Å². The number of benzene rings is 1. The highest BCUT2D eigenvalue weighted by Crippen LogP contribution is 2.15. The Labute approximate surface area is 88.2 Å². The van der Waals surface area contributed by atoms with Crippen molar-refractivity contribution >= 4 is 11.6 Å². The van der Waals surface area contributed by atoms with Crippen molar-refractivity contribution in [2.75, 3.05) is 6.54 Å². The molecule has 0 bridgehead atoms. The van der Waals surface area contributed by atoms with E-state index in [1.807, 2.05) is 6.92 Å². The average Bonchev–Trinajstić information content (AvgIpc) is 2.19. The highest BCUT2D eigenvalue weighted by molar-refractivity contribution is 6.30. The summed E-state index contributed by atoms with van der Waals surface area (Å²) < 4.78 is 13.0. The highest BCUT2D eigenvalue weighted by Gasteiger charge is 2.02. The lowest BCUT2D eigenvalue weighted by atomic mass is 10.2. The molecular formula is C10H14ClFN2. The quantitative estimate of drug-likeness (QED) is 0.807. The summed E-state index contributed by atoms with van der Waals surface area (Å²) in [6.07, 6.45) is 0. The van der Waals surface area contributed by atoms with Crippen LogP contribution in [0.5, 0.6) is 0 Å². The maximum absolute atomic E-state index is 13.0. The van der Waals surface area contributed by atoms with Crippen LogP contribution in [0, 0.1) is 5.82 Å². The van der Waals surface area contributed by atoms with Crippen LogP contribution in [0.15, 0.2) is 18.2 Å². The Morgan fingerprint density at radius 2 is 2.29 bits per heavy atom. The molecule has 0 fully saturated rings. The summed E-state index contributed by atoms with van der Waals surface area (Å²) in [4.78, 5) is 0. The molecule has 0 amide bonds. The Morgan fingerprint density at radius 3 is 2.86 bits per heavy atom. The van der Waals surface area contributed by atoms with Crippen molar-refractivity contribution in [2.45, 2.75) is 19.5 Å². The standard InChI is InChI=1S/C10H14ClFN2/c1-7(5-13)14-6-8-2-3-9(11)10(12)4-8/h2-4,7,14H,5-6,13H2,1H3/t7-/m1/s1. The Bertz CT molecular complexity index is 304. The van der Waals surface area contributed by atoms with Gasteiger partial charge in [-0.25, -0.2) is 4.39 Å². The second-order valence-electron chi connectivity index (χ2n) is 3.27. The Hall–Kier alpha value is -0.640. The summed E-state index contributed by atoms with van der Waals surface area (Å²) in [6, 6.07) is 5.01. The molecule has 0 aliphatic rings. The third-order valence-corrected chi connectivity index (χ3v) is 2.30. The molecule has 4 heteroatoms. The van der Waals surface area contributed by atoms with Gasteiger partial charge in [-0.05, 0) is 24.6 Å². The van der Waals surface area contributed by atoms with Gasteiger partial charge in [0, 0.05) is 19.1 Å². The largest absolute Gasteiger partial charge is 0.329 e. The highest BCUT2D eigenvalue weighted by atomic mass is 35.5. The topological polar surface area (TPSA) is 38.0 Å². The lowest BCUT2D eigenvalue weighted by Gasteiger charge is -2.11. The molecule has 0 aromatic heterocycles. The second-order valence-corrected chi connectivity index (χ2v) is 3.67. The molecule has 78 valence electrons. The predicted octanol–water partition coefficient (Wildman–Crippen LogP) is 1.92. The fourth-order valence-electron chi connectivity index (χ4n) is 1.03. The van der Waals surface area contributed by atoms with E-state index in [0.29, 0.717) is 13.1 Å². The van der Waals surface area contributed by atoms with Gasteiger partial charge < -0.3 is 11.1 Å². The van der Waals surface area contributed by atoms with Crippen molar-refractivity contribution in [1.29, 1.82) is 0 Å². The molecule has 0 spiro atoms. The lowest BCUT2D eigenvalue weighted by Crippen LogP contribution is -2.32. The first-order valence-corrected chi connectivity index (χ1v) is 4.88. The first kappa shape index (κ1) is 11.4. The van der Waals surface area contributed by atoms with Crippen LogP contribution >= 0.6 is 11.6 Å². The van der Waals surface area contributed by atoms with Crippen molar-refractivity contribution in [3.63, 3.8) is 0 Å². The number of rotatable bonds is 4. The summed E-state index contributed by atoms with van der Waals surface area (Å²) in [6.45, 7) is 3.15.